The predicted octanol–water partition coefficient (Wildman–Crippen LogP) is 5.15. The first kappa shape index (κ1) is 42.4. The molecular formula is C36H44F2N8O5S3. The Kier molecular flexibility index (Phi) is 16.4. The van der Waals surface area contributed by atoms with Crippen molar-refractivity contribution in [3.8, 4) is 11.5 Å². The number of carbonyl (C=O) groups is 2. The zero-order valence-electron chi connectivity index (χ0n) is 30.2. The van der Waals surface area contributed by atoms with Crippen molar-refractivity contribution in [3.63, 3.8) is 0 Å². The number of hydrogen-bond acceptors (Lipinski definition) is 15. The molecule has 4 aromatic rings. The van der Waals surface area contributed by atoms with Gasteiger partial charge < -0.3 is 32.0 Å². The normalized spacial score (nSPS) is 15.1. The number of nitrogens with two attached hydrogens (primary N) is 3. The van der Waals surface area contributed by atoms with Gasteiger partial charge in [-0.25, -0.2) is 23.7 Å². The van der Waals surface area contributed by atoms with Crippen LogP contribution in [0.2, 0.25) is 0 Å². The maximum Gasteiger partial charge on any atom is 0.224 e. The first-order chi connectivity index (χ1) is 25.9. The summed E-state index contributed by atoms with van der Waals surface area (Å²) in [7, 11) is 1.41. The summed E-state index contributed by atoms with van der Waals surface area (Å²) in [5.74, 6) is 3.78. The number of anilines is 3. The molecule has 13 nitrogen and oxygen atoms in total. The fourth-order valence-electron chi connectivity index (χ4n) is 5.18. The lowest BCUT2D eigenvalue weighted by Gasteiger charge is -2.22. The van der Waals surface area contributed by atoms with Gasteiger partial charge >= 0.3 is 0 Å². The van der Waals surface area contributed by atoms with Crippen molar-refractivity contribution in [1.82, 2.24) is 19.9 Å². The van der Waals surface area contributed by atoms with Crippen molar-refractivity contribution < 1.29 is 32.1 Å². The zero-order chi connectivity index (χ0) is 39.2. The summed E-state index contributed by atoms with van der Waals surface area (Å²) in [4.78, 5) is 41.3. The molecule has 6 rings (SSSR count). The smallest absolute Gasteiger partial charge is 0.224 e. The molecule has 2 fully saturated rings. The Morgan fingerprint density at radius 3 is 1.70 bits per heavy atom. The van der Waals surface area contributed by atoms with Crippen LogP contribution in [0.25, 0.3) is 0 Å². The zero-order valence-corrected chi connectivity index (χ0v) is 32.6. The molecule has 0 spiro atoms. The van der Waals surface area contributed by atoms with Crippen molar-refractivity contribution in [3.05, 3.63) is 82.7 Å². The second kappa shape index (κ2) is 20.9. The molecule has 2 aromatic heterocycles. The van der Waals surface area contributed by atoms with Crippen molar-refractivity contribution in [1.29, 1.82) is 0 Å². The van der Waals surface area contributed by atoms with Gasteiger partial charge in [-0.15, -0.1) is 0 Å². The summed E-state index contributed by atoms with van der Waals surface area (Å²) in [6.07, 6.45) is 7.09. The number of nitrogens with one attached hydrogen (secondary N) is 1. The number of rotatable bonds is 10. The average molecular weight is 803 g/mol. The monoisotopic (exact) mass is 802 g/mol. The van der Waals surface area contributed by atoms with E-state index >= 15 is 0 Å². The van der Waals surface area contributed by atoms with Crippen LogP contribution in [0.5, 0.6) is 11.5 Å². The minimum Gasteiger partial charge on any atom is -0.496 e. The third-order valence-corrected chi connectivity index (χ3v) is 11.4. The van der Waals surface area contributed by atoms with Crippen LogP contribution in [0, 0.1) is 11.6 Å². The van der Waals surface area contributed by atoms with E-state index in [4.69, 9.17) is 26.7 Å². The van der Waals surface area contributed by atoms with E-state index in [2.05, 4.69) is 25.3 Å². The van der Waals surface area contributed by atoms with E-state index in [0.717, 1.165) is 36.5 Å². The van der Waals surface area contributed by atoms with Crippen LogP contribution in [0.4, 0.5) is 26.4 Å². The lowest BCUT2D eigenvalue weighted by molar-refractivity contribution is 0.102. The lowest BCUT2D eigenvalue weighted by Crippen LogP contribution is -2.26. The number of nitrogens with zero attached hydrogens (tertiary/aromatic N) is 4. The predicted molar refractivity (Wildman–Crippen MR) is 211 cm³/mol. The van der Waals surface area contributed by atoms with Gasteiger partial charge in [-0.1, -0.05) is 6.92 Å². The van der Waals surface area contributed by atoms with E-state index in [1.807, 2.05) is 23.5 Å². The van der Waals surface area contributed by atoms with Crippen LogP contribution in [0.3, 0.4) is 0 Å². The molecule has 2 saturated heterocycles. The Morgan fingerprint density at radius 1 is 0.796 bits per heavy atom. The molecule has 7 N–H and O–H groups in total. The van der Waals surface area contributed by atoms with Gasteiger partial charge in [0.25, 0.3) is 0 Å². The Bertz CT molecular complexity index is 1930. The maximum absolute atomic E-state index is 13.5. The minimum absolute atomic E-state index is 0.000697. The second-order valence-corrected chi connectivity index (χ2v) is 16.0. The lowest BCUT2D eigenvalue weighted by atomic mass is 10.0. The Labute approximate surface area is 323 Å². The number of hydrogen-bond donors (Lipinski definition) is 4. The van der Waals surface area contributed by atoms with Gasteiger partial charge in [-0.3, -0.25) is 13.8 Å². The summed E-state index contributed by atoms with van der Waals surface area (Å²) in [5, 5.41) is 3.31. The van der Waals surface area contributed by atoms with Crippen LogP contribution in [-0.4, -0.2) is 90.8 Å². The summed E-state index contributed by atoms with van der Waals surface area (Å²) in [6.45, 7) is 1.71. The number of methoxy groups -OCH3 is 2. The number of carbonyl (C=O) groups excluding carboxylic acids is 2. The molecule has 2 aromatic carbocycles. The number of nitrogen functional groups attached to an aromatic ring is 2. The maximum atomic E-state index is 13.5. The van der Waals surface area contributed by atoms with E-state index in [9.17, 15) is 22.6 Å². The van der Waals surface area contributed by atoms with Gasteiger partial charge in [-0.2, -0.15) is 28.5 Å². The molecule has 4 heterocycles. The van der Waals surface area contributed by atoms with Gasteiger partial charge in [0.15, 0.2) is 0 Å². The Morgan fingerprint density at radius 2 is 1.28 bits per heavy atom. The largest absolute Gasteiger partial charge is 0.496 e. The SMILES string of the molecule is CCS(=O)c1ncc(C(=O)c2cc(F)ccc2OC)c(N)n1.COc1ccc(F)cc1C(=O)c1cnc(NC2CCSCC2)nc1N.NC1CCSCC1. The van der Waals surface area contributed by atoms with E-state index in [-0.39, 0.29) is 50.5 Å². The van der Waals surface area contributed by atoms with E-state index in [1.165, 1.54) is 75.2 Å². The van der Waals surface area contributed by atoms with Crippen molar-refractivity contribution in [2.45, 2.75) is 49.8 Å². The van der Waals surface area contributed by atoms with Crippen molar-refractivity contribution in [2.75, 3.05) is 59.8 Å². The first-order valence-electron chi connectivity index (χ1n) is 17.0. The highest BCUT2D eigenvalue weighted by Gasteiger charge is 2.22. The molecule has 2 aliphatic rings. The number of thioether (sulfide) groups is 2. The molecule has 0 amide bonds. The molecule has 54 heavy (non-hydrogen) atoms. The van der Waals surface area contributed by atoms with Gasteiger partial charge in [0, 0.05) is 30.2 Å². The average Bonchev–Trinajstić information content (AvgIpc) is 3.18. The van der Waals surface area contributed by atoms with Crippen LogP contribution in [0.15, 0.2) is 53.9 Å². The summed E-state index contributed by atoms with van der Waals surface area (Å²) < 4.78 is 48.7. The molecule has 0 saturated carbocycles. The Hall–Kier alpha value is -4.39. The fourth-order valence-corrected chi connectivity index (χ4v) is 8.06. The molecule has 290 valence electrons. The first-order valence-corrected chi connectivity index (χ1v) is 20.7. The molecule has 0 radical (unpaired) electrons. The van der Waals surface area contributed by atoms with Gasteiger partial charge in [0.05, 0.1) is 47.3 Å². The van der Waals surface area contributed by atoms with Gasteiger partial charge in [0.2, 0.25) is 22.7 Å². The molecule has 2 aliphatic heterocycles. The van der Waals surface area contributed by atoms with Gasteiger partial charge in [-0.05, 0) is 85.1 Å². The molecule has 1 atom stereocenters. The number of ether oxygens (including phenoxy) is 2. The fraction of sp³-hybridized carbons (Fsp3) is 0.389. The van der Waals surface area contributed by atoms with Crippen LogP contribution in [0.1, 0.15) is 64.4 Å². The second-order valence-electron chi connectivity index (χ2n) is 11.9. The molecule has 0 aliphatic carbocycles. The van der Waals surface area contributed by atoms with Crippen LogP contribution < -0.4 is 32.0 Å². The van der Waals surface area contributed by atoms with Crippen molar-refractivity contribution in [2.24, 2.45) is 5.73 Å². The molecule has 0 bridgehead atoms. The number of benzene rings is 2. The highest BCUT2D eigenvalue weighted by Crippen LogP contribution is 2.27. The van der Waals surface area contributed by atoms with E-state index in [1.54, 1.807) is 6.92 Å². The molecular weight excluding hydrogens is 759 g/mol. The van der Waals surface area contributed by atoms with Crippen molar-refractivity contribution >= 4 is 63.5 Å². The third kappa shape index (κ3) is 11.8. The summed E-state index contributed by atoms with van der Waals surface area (Å²) in [6, 6.07) is 8.15. The summed E-state index contributed by atoms with van der Waals surface area (Å²) >= 11 is 3.95. The number of aromatic nitrogens is 4. The highest BCUT2D eigenvalue weighted by atomic mass is 32.2. The minimum atomic E-state index is -1.37. The van der Waals surface area contributed by atoms with Crippen LogP contribution >= 0.6 is 23.5 Å². The number of halogens is 2. The van der Waals surface area contributed by atoms with Gasteiger partial charge in [0.1, 0.15) is 34.8 Å². The Balaban J connectivity index is 0.000000205. The topological polar surface area (TPSA) is 211 Å². The van der Waals surface area contributed by atoms with Crippen LogP contribution in [-0.2, 0) is 10.8 Å². The third-order valence-electron chi connectivity index (χ3n) is 8.20. The molecule has 1 unspecified atom stereocenters. The standard InChI is InChI=1S/C17H19FN4O2S.C14H14FN3O3S.C5H11NS/c1-24-14-3-2-10(18)8-12(14)15(23)13-9-20-17(22-16(13)19)21-11-4-6-25-7-5-11;1-3-22(20)14-17-7-10(13(16)18-14)12(19)9-6-8(15)4-5-11(9)21-2;6-5-1-3-7-4-2-5/h2-3,8-9,11H,4-7H2,1H3,(H3,19,20,21,22);4-7H,3H2,1-2H3,(H2,16,17,18);5H,1-4,6H2. The molecule has 18 heteroatoms. The highest BCUT2D eigenvalue weighted by molar-refractivity contribution is 7.99. The summed E-state index contributed by atoms with van der Waals surface area (Å²) in [5.41, 5.74) is 17.5. The van der Waals surface area contributed by atoms with E-state index in [0.29, 0.717) is 23.8 Å². The van der Waals surface area contributed by atoms with E-state index < -0.39 is 34.0 Å². The number of ketones is 2. The quantitative estimate of drug-likeness (QED) is 0.121.